The molecule has 0 spiro atoms. The van der Waals surface area contributed by atoms with E-state index in [0.29, 0.717) is 0 Å². The number of hydroxylamine groups is 6. The molecule has 1 fully saturated rings. The van der Waals surface area contributed by atoms with Crippen LogP contribution in [0.4, 0.5) is 0 Å². The topological polar surface area (TPSA) is 70.4 Å². The molecule has 2 rings (SSSR count). The van der Waals surface area contributed by atoms with Crippen molar-refractivity contribution in [1.82, 2.24) is 15.2 Å². The predicted molar refractivity (Wildman–Crippen MR) is 49.8 cm³/mol. The van der Waals surface area contributed by atoms with Crippen LogP contribution in [0.25, 0.3) is 0 Å². The van der Waals surface area contributed by atoms with E-state index in [-0.39, 0.29) is 13.3 Å². The standard InChI is InChI=1S/C9H13N3O3/c13-10-6-11(14)9(12(15)7-10)8-4-2-1-3-5-8/h1-5,9,13-15H,6-7H2. The van der Waals surface area contributed by atoms with Gasteiger partial charge in [0.15, 0.2) is 0 Å². The van der Waals surface area contributed by atoms with Crippen molar-refractivity contribution in [2.24, 2.45) is 0 Å². The van der Waals surface area contributed by atoms with Crippen molar-refractivity contribution in [3.05, 3.63) is 35.9 Å². The molecule has 0 aromatic heterocycles. The highest BCUT2D eigenvalue weighted by Crippen LogP contribution is 2.25. The fraction of sp³-hybridized carbons (Fsp3) is 0.333. The average Bonchev–Trinajstić information content (AvgIpc) is 2.17. The third-order valence-corrected chi connectivity index (χ3v) is 2.28. The van der Waals surface area contributed by atoms with Gasteiger partial charge in [0.1, 0.15) is 19.5 Å². The third-order valence-electron chi connectivity index (χ3n) is 2.28. The summed E-state index contributed by atoms with van der Waals surface area (Å²) in [5.74, 6) is 0. The molecule has 1 aliphatic heterocycles. The Bertz CT molecular complexity index is 310. The van der Waals surface area contributed by atoms with Crippen molar-refractivity contribution < 1.29 is 15.6 Å². The number of rotatable bonds is 1. The summed E-state index contributed by atoms with van der Waals surface area (Å²) in [5.41, 5.74) is 0.760. The van der Waals surface area contributed by atoms with Crippen LogP contribution in [0.1, 0.15) is 11.7 Å². The Balaban J connectivity index is 2.21. The molecule has 82 valence electrons. The highest BCUT2D eigenvalue weighted by atomic mass is 16.6. The van der Waals surface area contributed by atoms with Gasteiger partial charge < -0.3 is 15.6 Å². The lowest BCUT2D eigenvalue weighted by atomic mass is 10.1. The lowest BCUT2D eigenvalue weighted by Crippen LogP contribution is -2.53. The maximum atomic E-state index is 9.59. The molecule has 0 atom stereocenters. The van der Waals surface area contributed by atoms with Crippen LogP contribution in [0.2, 0.25) is 0 Å². The van der Waals surface area contributed by atoms with E-state index in [1.54, 1.807) is 12.1 Å². The zero-order chi connectivity index (χ0) is 10.8. The highest BCUT2D eigenvalue weighted by molar-refractivity contribution is 5.18. The minimum atomic E-state index is -0.644. The molecule has 1 heterocycles. The Labute approximate surface area is 87.0 Å². The van der Waals surface area contributed by atoms with Crippen LogP contribution in [-0.2, 0) is 0 Å². The van der Waals surface area contributed by atoms with Gasteiger partial charge in [0.2, 0.25) is 0 Å². The van der Waals surface area contributed by atoms with E-state index in [2.05, 4.69) is 0 Å². The summed E-state index contributed by atoms with van der Waals surface area (Å²) in [5, 5.41) is 30.9. The van der Waals surface area contributed by atoms with Crippen LogP contribution in [0, 0.1) is 0 Å². The maximum absolute atomic E-state index is 9.59. The summed E-state index contributed by atoms with van der Waals surface area (Å²) in [6, 6.07) is 9.09. The number of hydrogen-bond acceptors (Lipinski definition) is 6. The summed E-state index contributed by atoms with van der Waals surface area (Å²) in [6.45, 7) is -0.0623. The molecule has 1 saturated heterocycles. The van der Waals surface area contributed by atoms with Gasteiger partial charge in [0, 0.05) is 0 Å². The van der Waals surface area contributed by atoms with Crippen LogP contribution < -0.4 is 0 Å². The van der Waals surface area contributed by atoms with Gasteiger partial charge in [-0.15, -0.1) is 0 Å². The number of nitrogens with zero attached hydrogens (tertiary/aromatic N) is 3. The Hall–Kier alpha value is -1.02. The molecule has 1 aromatic rings. The monoisotopic (exact) mass is 211 g/mol. The second kappa shape index (κ2) is 4.23. The summed E-state index contributed by atoms with van der Waals surface area (Å²) in [4.78, 5) is 0. The first-order chi connectivity index (χ1) is 7.18. The Kier molecular flexibility index (Phi) is 2.96. The average molecular weight is 211 g/mol. The van der Waals surface area contributed by atoms with Gasteiger partial charge in [-0.05, 0) is 5.56 Å². The summed E-state index contributed by atoms with van der Waals surface area (Å²) >= 11 is 0. The molecule has 6 heteroatoms. The first kappa shape index (κ1) is 10.5. The molecule has 0 radical (unpaired) electrons. The fourth-order valence-electron chi connectivity index (χ4n) is 1.66. The number of hydrogen-bond donors (Lipinski definition) is 3. The van der Waals surface area contributed by atoms with E-state index >= 15 is 0 Å². The summed E-state index contributed by atoms with van der Waals surface area (Å²) in [6.07, 6.45) is -0.644. The van der Waals surface area contributed by atoms with E-state index in [0.717, 1.165) is 20.8 Å². The van der Waals surface area contributed by atoms with Crippen molar-refractivity contribution in [3.8, 4) is 0 Å². The van der Waals surface area contributed by atoms with E-state index in [9.17, 15) is 10.4 Å². The van der Waals surface area contributed by atoms with Crippen molar-refractivity contribution in [2.45, 2.75) is 6.17 Å². The van der Waals surface area contributed by atoms with Gasteiger partial charge in [0.25, 0.3) is 0 Å². The lowest BCUT2D eigenvalue weighted by Gasteiger charge is -2.39. The molecule has 3 N–H and O–H groups in total. The van der Waals surface area contributed by atoms with Gasteiger partial charge in [-0.25, -0.2) is 0 Å². The van der Waals surface area contributed by atoms with Crippen LogP contribution in [0.5, 0.6) is 0 Å². The molecule has 0 bridgehead atoms. The Morgan fingerprint density at radius 3 is 2.00 bits per heavy atom. The number of benzene rings is 1. The minimum absolute atomic E-state index is 0.0311. The van der Waals surface area contributed by atoms with E-state index in [1.165, 1.54) is 0 Å². The van der Waals surface area contributed by atoms with Gasteiger partial charge in [-0.2, -0.15) is 15.2 Å². The molecule has 0 saturated carbocycles. The largest absolute Gasteiger partial charge is 0.311 e. The quantitative estimate of drug-likeness (QED) is 0.634. The third kappa shape index (κ3) is 2.15. The van der Waals surface area contributed by atoms with Crippen molar-refractivity contribution >= 4 is 0 Å². The second-order valence-electron chi connectivity index (χ2n) is 3.45. The zero-order valence-electron chi connectivity index (χ0n) is 8.06. The Morgan fingerprint density at radius 2 is 1.47 bits per heavy atom. The Morgan fingerprint density at radius 1 is 0.933 bits per heavy atom. The molecule has 0 amide bonds. The van der Waals surface area contributed by atoms with E-state index in [4.69, 9.17) is 5.21 Å². The SMILES string of the molecule is ON1CN(O)C(c2ccccc2)N(O)C1. The van der Waals surface area contributed by atoms with E-state index < -0.39 is 6.17 Å². The van der Waals surface area contributed by atoms with Crippen molar-refractivity contribution in [1.29, 1.82) is 0 Å². The molecular weight excluding hydrogens is 198 g/mol. The van der Waals surface area contributed by atoms with Crippen LogP contribution in [0.15, 0.2) is 30.3 Å². The van der Waals surface area contributed by atoms with Crippen molar-refractivity contribution in [2.75, 3.05) is 13.3 Å². The van der Waals surface area contributed by atoms with Crippen LogP contribution >= 0.6 is 0 Å². The highest BCUT2D eigenvalue weighted by Gasteiger charge is 2.32. The fourth-order valence-corrected chi connectivity index (χ4v) is 1.66. The lowest BCUT2D eigenvalue weighted by molar-refractivity contribution is -0.362. The first-order valence-electron chi connectivity index (χ1n) is 4.58. The van der Waals surface area contributed by atoms with Crippen LogP contribution in [0.3, 0.4) is 0 Å². The first-order valence-corrected chi connectivity index (χ1v) is 4.58. The molecular formula is C9H13N3O3. The molecule has 6 nitrogen and oxygen atoms in total. The maximum Gasteiger partial charge on any atom is 0.138 e. The van der Waals surface area contributed by atoms with Crippen LogP contribution in [-0.4, -0.2) is 44.1 Å². The van der Waals surface area contributed by atoms with Gasteiger partial charge in [-0.1, -0.05) is 30.3 Å². The molecule has 0 aliphatic carbocycles. The molecule has 1 aliphatic rings. The van der Waals surface area contributed by atoms with E-state index in [1.807, 2.05) is 18.2 Å². The smallest absolute Gasteiger partial charge is 0.138 e. The molecule has 15 heavy (non-hydrogen) atoms. The van der Waals surface area contributed by atoms with Crippen molar-refractivity contribution in [3.63, 3.8) is 0 Å². The van der Waals surface area contributed by atoms with Gasteiger partial charge in [0.05, 0.1) is 0 Å². The zero-order valence-corrected chi connectivity index (χ0v) is 8.06. The normalized spacial score (nSPS) is 22.1. The summed E-state index contributed by atoms with van der Waals surface area (Å²) in [7, 11) is 0. The van der Waals surface area contributed by atoms with Gasteiger partial charge in [-0.3, -0.25) is 0 Å². The minimum Gasteiger partial charge on any atom is -0.311 e. The summed E-state index contributed by atoms with van der Waals surface area (Å²) < 4.78 is 0. The molecule has 0 unspecified atom stereocenters. The molecule has 1 aromatic carbocycles. The van der Waals surface area contributed by atoms with Gasteiger partial charge >= 0.3 is 0 Å². The second-order valence-corrected chi connectivity index (χ2v) is 3.45. The predicted octanol–water partition coefficient (Wildman–Crippen LogP) is 0.687.